The standard InChI is InChI=1S/C14H23NO3/c1-11(2)15-10-12-9-13(17-3)5-6-14(12)18-8-4-7-16/h5-6,9,11,15-16H,4,7-8,10H2,1-3H3. The topological polar surface area (TPSA) is 50.7 Å². The molecule has 0 bridgehead atoms. The van der Waals surface area contributed by atoms with Gasteiger partial charge in [0.25, 0.3) is 0 Å². The van der Waals surface area contributed by atoms with Gasteiger partial charge in [-0.1, -0.05) is 13.8 Å². The Balaban J connectivity index is 2.72. The van der Waals surface area contributed by atoms with Gasteiger partial charge in [-0.05, 0) is 18.2 Å². The van der Waals surface area contributed by atoms with Crippen molar-refractivity contribution in [1.29, 1.82) is 0 Å². The van der Waals surface area contributed by atoms with E-state index in [1.165, 1.54) is 0 Å². The maximum atomic E-state index is 8.76. The quantitative estimate of drug-likeness (QED) is 0.695. The highest BCUT2D eigenvalue weighted by atomic mass is 16.5. The smallest absolute Gasteiger partial charge is 0.124 e. The molecule has 0 radical (unpaired) electrons. The minimum Gasteiger partial charge on any atom is -0.497 e. The summed E-state index contributed by atoms with van der Waals surface area (Å²) in [7, 11) is 1.65. The molecule has 0 saturated heterocycles. The fraction of sp³-hybridized carbons (Fsp3) is 0.571. The van der Waals surface area contributed by atoms with Crippen LogP contribution in [-0.2, 0) is 6.54 Å². The molecule has 0 atom stereocenters. The van der Waals surface area contributed by atoms with Gasteiger partial charge < -0.3 is 19.9 Å². The molecule has 4 heteroatoms. The molecule has 0 saturated carbocycles. The average molecular weight is 253 g/mol. The predicted octanol–water partition coefficient (Wildman–Crippen LogP) is 1.95. The highest BCUT2D eigenvalue weighted by molar-refractivity contribution is 5.40. The molecule has 1 aromatic carbocycles. The Morgan fingerprint density at radius 2 is 2.11 bits per heavy atom. The third-order valence-electron chi connectivity index (χ3n) is 2.53. The summed E-state index contributed by atoms with van der Waals surface area (Å²) in [6, 6.07) is 6.19. The van der Waals surface area contributed by atoms with E-state index in [4.69, 9.17) is 14.6 Å². The van der Waals surface area contributed by atoms with Crippen molar-refractivity contribution in [3.05, 3.63) is 23.8 Å². The molecule has 4 nitrogen and oxygen atoms in total. The lowest BCUT2D eigenvalue weighted by atomic mass is 10.1. The maximum Gasteiger partial charge on any atom is 0.124 e. The molecule has 102 valence electrons. The van der Waals surface area contributed by atoms with E-state index in [-0.39, 0.29) is 6.61 Å². The van der Waals surface area contributed by atoms with Gasteiger partial charge >= 0.3 is 0 Å². The molecule has 0 aliphatic rings. The van der Waals surface area contributed by atoms with Gasteiger partial charge in [-0.3, -0.25) is 0 Å². The fourth-order valence-electron chi connectivity index (χ4n) is 1.52. The molecule has 1 rings (SSSR count). The van der Waals surface area contributed by atoms with Crippen LogP contribution in [0.3, 0.4) is 0 Å². The maximum absolute atomic E-state index is 8.76. The zero-order valence-electron chi connectivity index (χ0n) is 11.4. The summed E-state index contributed by atoms with van der Waals surface area (Å²) in [5, 5.41) is 12.1. The number of aliphatic hydroxyl groups excluding tert-OH is 1. The van der Waals surface area contributed by atoms with E-state index in [9.17, 15) is 0 Å². The molecular formula is C14H23NO3. The lowest BCUT2D eigenvalue weighted by Gasteiger charge is -2.14. The lowest BCUT2D eigenvalue weighted by Crippen LogP contribution is -2.22. The highest BCUT2D eigenvalue weighted by Gasteiger charge is 2.06. The lowest BCUT2D eigenvalue weighted by molar-refractivity contribution is 0.232. The molecule has 0 spiro atoms. The summed E-state index contributed by atoms with van der Waals surface area (Å²) < 4.78 is 10.9. The molecule has 0 aliphatic carbocycles. The van der Waals surface area contributed by atoms with Gasteiger partial charge in [0.1, 0.15) is 11.5 Å². The Morgan fingerprint density at radius 1 is 1.33 bits per heavy atom. The van der Waals surface area contributed by atoms with Crippen LogP contribution in [0.1, 0.15) is 25.8 Å². The Labute approximate surface area is 109 Å². The molecule has 0 aromatic heterocycles. The van der Waals surface area contributed by atoms with E-state index in [2.05, 4.69) is 19.2 Å². The number of aliphatic hydroxyl groups is 1. The first-order chi connectivity index (χ1) is 8.67. The largest absolute Gasteiger partial charge is 0.497 e. The zero-order valence-corrected chi connectivity index (χ0v) is 11.4. The molecule has 1 aromatic rings. The second-order valence-corrected chi connectivity index (χ2v) is 4.43. The molecule has 18 heavy (non-hydrogen) atoms. The third-order valence-corrected chi connectivity index (χ3v) is 2.53. The Kier molecular flexibility index (Phi) is 6.54. The van der Waals surface area contributed by atoms with Crippen LogP contribution in [0.15, 0.2) is 18.2 Å². The Bertz CT molecular complexity index is 353. The molecule has 0 aliphatic heterocycles. The van der Waals surface area contributed by atoms with E-state index in [1.807, 2.05) is 18.2 Å². The monoisotopic (exact) mass is 253 g/mol. The van der Waals surface area contributed by atoms with E-state index in [0.717, 1.165) is 23.6 Å². The van der Waals surface area contributed by atoms with Gasteiger partial charge in [0.2, 0.25) is 0 Å². The first-order valence-electron chi connectivity index (χ1n) is 6.31. The van der Waals surface area contributed by atoms with Gasteiger partial charge in [0, 0.05) is 31.2 Å². The molecule has 0 fully saturated rings. The summed E-state index contributed by atoms with van der Waals surface area (Å²) in [5.74, 6) is 1.67. The van der Waals surface area contributed by atoms with E-state index >= 15 is 0 Å². The summed E-state index contributed by atoms with van der Waals surface area (Å²) >= 11 is 0. The Morgan fingerprint density at radius 3 is 2.72 bits per heavy atom. The summed E-state index contributed by atoms with van der Waals surface area (Å²) in [4.78, 5) is 0. The first-order valence-corrected chi connectivity index (χ1v) is 6.31. The second-order valence-electron chi connectivity index (χ2n) is 4.43. The number of hydrogen-bond donors (Lipinski definition) is 2. The van der Waals surface area contributed by atoms with Gasteiger partial charge in [-0.2, -0.15) is 0 Å². The van der Waals surface area contributed by atoms with Crippen LogP contribution in [-0.4, -0.2) is 31.5 Å². The van der Waals surface area contributed by atoms with Crippen LogP contribution in [0.5, 0.6) is 11.5 Å². The average Bonchev–Trinajstić information content (AvgIpc) is 2.37. The normalized spacial score (nSPS) is 10.7. The van der Waals surface area contributed by atoms with Crippen molar-refractivity contribution in [1.82, 2.24) is 5.32 Å². The van der Waals surface area contributed by atoms with E-state index in [1.54, 1.807) is 7.11 Å². The minimum absolute atomic E-state index is 0.149. The van der Waals surface area contributed by atoms with Crippen molar-refractivity contribution < 1.29 is 14.6 Å². The van der Waals surface area contributed by atoms with Crippen molar-refractivity contribution in [3.8, 4) is 11.5 Å². The van der Waals surface area contributed by atoms with Gasteiger partial charge in [0.15, 0.2) is 0 Å². The highest BCUT2D eigenvalue weighted by Crippen LogP contribution is 2.24. The van der Waals surface area contributed by atoms with Crippen LogP contribution in [0.4, 0.5) is 0 Å². The van der Waals surface area contributed by atoms with Crippen LogP contribution in [0, 0.1) is 0 Å². The van der Waals surface area contributed by atoms with Crippen molar-refractivity contribution in [3.63, 3.8) is 0 Å². The van der Waals surface area contributed by atoms with Crippen LogP contribution in [0.25, 0.3) is 0 Å². The van der Waals surface area contributed by atoms with Crippen molar-refractivity contribution in [2.45, 2.75) is 32.9 Å². The third kappa shape index (κ3) is 4.94. The molecule has 0 heterocycles. The second kappa shape index (κ2) is 7.95. The summed E-state index contributed by atoms with van der Waals surface area (Å²) in [6.45, 7) is 5.62. The first kappa shape index (κ1) is 14.8. The van der Waals surface area contributed by atoms with E-state index in [0.29, 0.717) is 19.1 Å². The minimum atomic E-state index is 0.149. The molecule has 0 unspecified atom stereocenters. The summed E-state index contributed by atoms with van der Waals surface area (Å²) in [6.07, 6.45) is 0.642. The predicted molar refractivity (Wildman–Crippen MR) is 72.2 cm³/mol. The van der Waals surface area contributed by atoms with Gasteiger partial charge in [0.05, 0.1) is 13.7 Å². The van der Waals surface area contributed by atoms with Crippen molar-refractivity contribution in [2.24, 2.45) is 0 Å². The van der Waals surface area contributed by atoms with Crippen LogP contribution in [0.2, 0.25) is 0 Å². The van der Waals surface area contributed by atoms with Gasteiger partial charge in [-0.25, -0.2) is 0 Å². The van der Waals surface area contributed by atoms with E-state index < -0.39 is 0 Å². The Hall–Kier alpha value is -1.26. The molecular weight excluding hydrogens is 230 g/mol. The summed E-state index contributed by atoms with van der Waals surface area (Å²) in [5.41, 5.74) is 1.07. The zero-order chi connectivity index (χ0) is 13.4. The number of hydrogen-bond acceptors (Lipinski definition) is 4. The number of nitrogens with one attached hydrogen (secondary N) is 1. The fourth-order valence-corrected chi connectivity index (χ4v) is 1.52. The molecule has 2 N–H and O–H groups in total. The number of methoxy groups -OCH3 is 1. The van der Waals surface area contributed by atoms with Gasteiger partial charge in [-0.15, -0.1) is 0 Å². The van der Waals surface area contributed by atoms with Crippen LogP contribution < -0.4 is 14.8 Å². The SMILES string of the molecule is COc1ccc(OCCCO)c(CNC(C)C)c1. The number of benzene rings is 1. The van der Waals surface area contributed by atoms with Crippen LogP contribution >= 0.6 is 0 Å². The number of rotatable bonds is 8. The number of ether oxygens (including phenoxy) is 2. The van der Waals surface area contributed by atoms with Crippen molar-refractivity contribution in [2.75, 3.05) is 20.3 Å². The molecule has 0 amide bonds. The van der Waals surface area contributed by atoms with Crippen molar-refractivity contribution >= 4 is 0 Å².